The third-order valence-electron chi connectivity index (χ3n) is 4.80. The van der Waals surface area contributed by atoms with Crippen molar-refractivity contribution in [2.24, 2.45) is 0 Å². The van der Waals surface area contributed by atoms with Gasteiger partial charge >= 0.3 is 0 Å². The quantitative estimate of drug-likeness (QED) is 0.826. The fourth-order valence-electron chi connectivity index (χ4n) is 3.29. The Morgan fingerprint density at radius 3 is 2.88 bits per heavy atom. The molecule has 0 radical (unpaired) electrons. The van der Waals surface area contributed by atoms with Gasteiger partial charge in [0.15, 0.2) is 0 Å². The molecule has 1 aromatic carbocycles. The summed E-state index contributed by atoms with van der Waals surface area (Å²) in [5.41, 5.74) is 0.185. The van der Waals surface area contributed by atoms with Gasteiger partial charge in [0.1, 0.15) is 18.0 Å². The van der Waals surface area contributed by atoms with Crippen molar-refractivity contribution in [2.75, 3.05) is 19.7 Å². The number of imidazole rings is 1. The Hall–Kier alpha value is -2.34. The van der Waals surface area contributed by atoms with Gasteiger partial charge in [-0.05, 0) is 38.3 Å². The topological polar surface area (TPSA) is 67.6 Å². The number of benzene rings is 1. The number of piperidine rings is 1. The maximum atomic E-state index is 12.5. The fourth-order valence-corrected chi connectivity index (χ4v) is 3.29. The van der Waals surface area contributed by atoms with Crippen molar-refractivity contribution in [3.8, 4) is 5.75 Å². The molecule has 2 heterocycles. The van der Waals surface area contributed by atoms with Crippen molar-refractivity contribution >= 4 is 5.91 Å². The number of aromatic nitrogens is 2. The predicted octanol–water partition coefficient (Wildman–Crippen LogP) is 2.40. The van der Waals surface area contributed by atoms with Crippen LogP contribution < -0.4 is 4.74 Å². The zero-order valence-electron chi connectivity index (χ0n) is 15.3. The summed E-state index contributed by atoms with van der Waals surface area (Å²) in [5.74, 6) is 0.839. The number of carbonyl (C=O) groups excluding carboxylic acids is 1. The number of aliphatic hydroxyl groups is 1. The molecule has 1 aliphatic heterocycles. The van der Waals surface area contributed by atoms with Gasteiger partial charge in [0.25, 0.3) is 0 Å². The summed E-state index contributed by atoms with van der Waals surface area (Å²) in [6.07, 6.45) is 8.08. The van der Waals surface area contributed by atoms with Crippen LogP contribution >= 0.6 is 0 Å². The largest absolute Gasteiger partial charge is 0.491 e. The second-order valence-electron chi connectivity index (χ2n) is 7.15. The number of rotatable bonds is 7. The first-order chi connectivity index (χ1) is 12.5. The van der Waals surface area contributed by atoms with Crippen LogP contribution in [0.25, 0.3) is 0 Å². The number of amides is 1. The summed E-state index contributed by atoms with van der Waals surface area (Å²) in [5, 5.41) is 10.9. The molecular formula is C20H27N3O3. The van der Waals surface area contributed by atoms with Gasteiger partial charge in [-0.15, -0.1) is 0 Å². The Morgan fingerprint density at radius 2 is 2.15 bits per heavy atom. The highest BCUT2D eigenvalue weighted by Gasteiger charge is 2.35. The van der Waals surface area contributed by atoms with Crippen LogP contribution in [0.2, 0.25) is 0 Å². The molecule has 2 aromatic rings. The van der Waals surface area contributed by atoms with E-state index in [-0.39, 0.29) is 12.5 Å². The van der Waals surface area contributed by atoms with Crippen LogP contribution in [-0.2, 0) is 11.3 Å². The smallest absolute Gasteiger partial charge is 0.222 e. The zero-order valence-corrected chi connectivity index (χ0v) is 15.3. The molecule has 140 valence electrons. The number of carbonyl (C=O) groups is 1. The fraction of sp³-hybridized carbons (Fsp3) is 0.500. The van der Waals surface area contributed by atoms with Gasteiger partial charge in [0.05, 0.1) is 12.9 Å². The van der Waals surface area contributed by atoms with E-state index in [4.69, 9.17) is 4.74 Å². The molecule has 26 heavy (non-hydrogen) atoms. The molecule has 0 spiro atoms. The van der Waals surface area contributed by atoms with E-state index in [1.54, 1.807) is 17.4 Å². The molecule has 6 heteroatoms. The van der Waals surface area contributed by atoms with Crippen LogP contribution in [0.15, 0.2) is 43.0 Å². The van der Waals surface area contributed by atoms with E-state index in [1.807, 2.05) is 42.0 Å². The number of hydrogen-bond donors (Lipinski definition) is 1. The van der Waals surface area contributed by atoms with Crippen molar-refractivity contribution in [2.45, 2.75) is 44.8 Å². The van der Waals surface area contributed by atoms with Crippen molar-refractivity contribution in [1.82, 2.24) is 14.5 Å². The molecule has 0 saturated carbocycles. The third kappa shape index (κ3) is 5.08. The standard InChI is InChI=1S/C20H27N3O3/c1-17-5-7-18(8-6-17)26-15-20(25)9-3-12-23(14-20)19(24)4-2-11-22-13-10-21-16-22/h5-8,10,13,16,25H,2-4,9,11-12,14-15H2,1H3/t20-/m0/s1. The first-order valence-corrected chi connectivity index (χ1v) is 9.19. The molecule has 1 aromatic heterocycles. The second kappa shape index (κ2) is 8.36. The summed E-state index contributed by atoms with van der Waals surface area (Å²) in [6.45, 7) is 4.05. The van der Waals surface area contributed by atoms with Gasteiger partial charge in [-0.25, -0.2) is 4.98 Å². The van der Waals surface area contributed by atoms with Crippen LogP contribution in [-0.4, -0.2) is 50.8 Å². The van der Waals surface area contributed by atoms with E-state index in [1.165, 1.54) is 5.56 Å². The maximum Gasteiger partial charge on any atom is 0.222 e. The van der Waals surface area contributed by atoms with E-state index in [0.29, 0.717) is 25.9 Å². The van der Waals surface area contributed by atoms with Crippen molar-refractivity contribution in [3.05, 3.63) is 48.5 Å². The highest BCUT2D eigenvalue weighted by Crippen LogP contribution is 2.24. The molecule has 6 nitrogen and oxygen atoms in total. The third-order valence-corrected chi connectivity index (χ3v) is 4.80. The molecule has 1 atom stereocenters. The van der Waals surface area contributed by atoms with E-state index < -0.39 is 5.60 Å². The van der Waals surface area contributed by atoms with Crippen LogP contribution in [0.3, 0.4) is 0 Å². The number of nitrogens with zero attached hydrogens (tertiary/aromatic N) is 3. The van der Waals surface area contributed by atoms with E-state index in [0.717, 1.165) is 25.1 Å². The molecule has 1 aliphatic rings. The summed E-state index contributed by atoms with van der Waals surface area (Å²) in [7, 11) is 0. The SMILES string of the molecule is Cc1ccc(OC[C@]2(O)CCCN(C(=O)CCCn3ccnc3)C2)cc1. The summed E-state index contributed by atoms with van der Waals surface area (Å²) >= 11 is 0. The maximum absolute atomic E-state index is 12.5. The van der Waals surface area contributed by atoms with Gasteiger partial charge in [-0.3, -0.25) is 4.79 Å². The van der Waals surface area contributed by atoms with Crippen LogP contribution in [0, 0.1) is 6.92 Å². The summed E-state index contributed by atoms with van der Waals surface area (Å²) in [6, 6.07) is 7.77. The first kappa shape index (κ1) is 18.5. The molecule has 1 amide bonds. The number of ether oxygens (including phenoxy) is 1. The average molecular weight is 357 g/mol. The first-order valence-electron chi connectivity index (χ1n) is 9.19. The van der Waals surface area contributed by atoms with Gasteiger partial charge in [0.2, 0.25) is 5.91 Å². The number of aryl methyl sites for hydroxylation is 2. The molecule has 0 bridgehead atoms. The van der Waals surface area contributed by atoms with Crippen molar-refractivity contribution < 1.29 is 14.6 Å². The summed E-state index contributed by atoms with van der Waals surface area (Å²) in [4.78, 5) is 18.2. The predicted molar refractivity (Wildman–Crippen MR) is 98.9 cm³/mol. The molecular weight excluding hydrogens is 330 g/mol. The Bertz CT molecular complexity index is 700. The highest BCUT2D eigenvalue weighted by molar-refractivity contribution is 5.76. The van der Waals surface area contributed by atoms with Crippen LogP contribution in [0.5, 0.6) is 5.75 Å². The molecule has 3 rings (SSSR count). The second-order valence-corrected chi connectivity index (χ2v) is 7.15. The summed E-state index contributed by atoms with van der Waals surface area (Å²) < 4.78 is 7.73. The lowest BCUT2D eigenvalue weighted by Crippen LogP contribution is -2.53. The molecule has 0 unspecified atom stereocenters. The Labute approximate surface area is 154 Å². The van der Waals surface area contributed by atoms with E-state index in [9.17, 15) is 9.90 Å². The molecule has 0 aliphatic carbocycles. The van der Waals surface area contributed by atoms with Crippen molar-refractivity contribution in [1.29, 1.82) is 0 Å². The Balaban J connectivity index is 1.47. The Kier molecular flexibility index (Phi) is 5.93. The number of hydrogen-bond acceptors (Lipinski definition) is 4. The molecule has 1 saturated heterocycles. The normalized spacial score (nSPS) is 20.2. The molecule has 1 fully saturated rings. The lowest BCUT2D eigenvalue weighted by molar-refractivity contribution is -0.140. The van der Waals surface area contributed by atoms with Crippen molar-refractivity contribution in [3.63, 3.8) is 0 Å². The van der Waals surface area contributed by atoms with E-state index in [2.05, 4.69) is 4.98 Å². The van der Waals surface area contributed by atoms with Gasteiger partial charge < -0.3 is 19.3 Å². The number of β-amino-alcohol motifs (C(OH)–C–C–N with tert-alkyl or cyclic N) is 1. The van der Waals surface area contributed by atoms with Gasteiger partial charge in [0, 0.05) is 31.9 Å². The minimum absolute atomic E-state index is 0.0959. The minimum Gasteiger partial charge on any atom is -0.491 e. The van der Waals surface area contributed by atoms with Gasteiger partial charge in [-0.2, -0.15) is 0 Å². The molecule has 1 N–H and O–H groups in total. The lowest BCUT2D eigenvalue weighted by atomic mass is 9.93. The van der Waals surface area contributed by atoms with E-state index >= 15 is 0 Å². The average Bonchev–Trinajstić information content (AvgIpc) is 3.15. The van der Waals surface area contributed by atoms with Crippen LogP contribution in [0.1, 0.15) is 31.2 Å². The van der Waals surface area contributed by atoms with Crippen LogP contribution in [0.4, 0.5) is 0 Å². The Morgan fingerprint density at radius 1 is 1.35 bits per heavy atom. The number of likely N-dealkylation sites (tertiary alicyclic amines) is 1. The zero-order chi connectivity index (χ0) is 18.4. The monoisotopic (exact) mass is 357 g/mol. The lowest BCUT2D eigenvalue weighted by Gasteiger charge is -2.39. The van der Waals surface area contributed by atoms with Gasteiger partial charge in [-0.1, -0.05) is 17.7 Å². The minimum atomic E-state index is -0.983. The highest BCUT2D eigenvalue weighted by atomic mass is 16.5.